The molecule has 0 unspecified atom stereocenters. The molecule has 212 valence electrons. The molecule has 0 saturated heterocycles. The number of rotatable bonds is 7. The van der Waals surface area contributed by atoms with E-state index in [0.717, 1.165) is 24.1 Å². The fourth-order valence-electron chi connectivity index (χ4n) is 4.77. The molecule has 0 bridgehead atoms. The van der Waals surface area contributed by atoms with Crippen molar-refractivity contribution in [1.29, 1.82) is 0 Å². The van der Waals surface area contributed by atoms with Gasteiger partial charge in [0.1, 0.15) is 0 Å². The van der Waals surface area contributed by atoms with Gasteiger partial charge in [-0.15, -0.1) is 10.2 Å². The van der Waals surface area contributed by atoms with E-state index in [2.05, 4.69) is 42.4 Å². The highest BCUT2D eigenvalue weighted by Gasteiger charge is 2.24. The number of carbonyl (C=O) groups is 2. The van der Waals surface area contributed by atoms with Crippen molar-refractivity contribution in [2.24, 2.45) is 0 Å². The zero-order valence-electron chi connectivity index (χ0n) is 23.2. The predicted molar refractivity (Wildman–Crippen MR) is 166 cm³/mol. The van der Waals surface area contributed by atoms with Crippen molar-refractivity contribution < 1.29 is 9.59 Å². The molecule has 2 heterocycles. The molecule has 0 aliphatic carbocycles. The molecule has 7 nitrogen and oxygen atoms in total. The number of thioether (sulfide) groups is 1. The summed E-state index contributed by atoms with van der Waals surface area (Å²) in [6, 6.07) is 20.8. The van der Waals surface area contributed by atoms with Gasteiger partial charge >= 0.3 is 0 Å². The number of para-hydroxylation sites is 1. The van der Waals surface area contributed by atoms with Gasteiger partial charge in [-0.05, 0) is 65.8 Å². The van der Waals surface area contributed by atoms with Gasteiger partial charge in [-0.2, -0.15) is 0 Å². The third kappa shape index (κ3) is 6.61. The fraction of sp³-hybridized carbons (Fsp3) is 0.290. The molecule has 4 aromatic rings. The van der Waals surface area contributed by atoms with Crippen molar-refractivity contribution >= 4 is 52.5 Å². The number of aromatic nitrogens is 3. The third-order valence-electron chi connectivity index (χ3n) is 7.02. The van der Waals surface area contributed by atoms with Crippen LogP contribution in [0.5, 0.6) is 0 Å². The topological polar surface area (TPSA) is 80.1 Å². The summed E-state index contributed by atoms with van der Waals surface area (Å²) in [6.45, 7) is 7.20. The Bertz CT molecular complexity index is 1580. The van der Waals surface area contributed by atoms with E-state index in [1.165, 1.54) is 17.3 Å². The molecule has 0 atom stereocenters. The fourth-order valence-corrected chi connectivity index (χ4v) is 5.91. The molecule has 3 aromatic carbocycles. The number of carbonyl (C=O) groups excluding carboxylic acids is 2. The number of fused-ring (bicyclic) bond motifs is 1. The van der Waals surface area contributed by atoms with Crippen LogP contribution in [-0.4, -0.2) is 38.9 Å². The van der Waals surface area contributed by atoms with Crippen molar-refractivity contribution in [3.05, 3.63) is 99.3 Å². The van der Waals surface area contributed by atoms with Gasteiger partial charge < -0.3 is 10.2 Å². The van der Waals surface area contributed by atoms with E-state index < -0.39 is 0 Å². The minimum absolute atomic E-state index is 0.000560. The second-order valence-electron chi connectivity index (χ2n) is 10.9. The van der Waals surface area contributed by atoms with Crippen molar-refractivity contribution in [3.8, 4) is 5.69 Å². The molecule has 1 N–H and O–H groups in total. The van der Waals surface area contributed by atoms with Crippen LogP contribution >= 0.6 is 35.0 Å². The van der Waals surface area contributed by atoms with Crippen LogP contribution in [0.1, 0.15) is 54.5 Å². The number of nitrogens with zero attached hydrogens (tertiary/aromatic N) is 4. The summed E-state index contributed by atoms with van der Waals surface area (Å²) >= 11 is 13.8. The first-order valence-electron chi connectivity index (χ1n) is 13.4. The lowest BCUT2D eigenvalue weighted by molar-refractivity contribution is -0.116. The lowest BCUT2D eigenvalue weighted by atomic mass is 9.87. The van der Waals surface area contributed by atoms with Crippen LogP contribution in [0.2, 0.25) is 10.0 Å². The summed E-state index contributed by atoms with van der Waals surface area (Å²) in [4.78, 5) is 28.1. The molecule has 1 aromatic heterocycles. The second kappa shape index (κ2) is 12.3. The number of anilines is 1. The van der Waals surface area contributed by atoms with Gasteiger partial charge in [-0.3, -0.25) is 14.2 Å². The Balaban J connectivity index is 1.35. The third-order valence-corrected chi connectivity index (χ3v) is 8.67. The van der Waals surface area contributed by atoms with Crippen LogP contribution in [0.4, 0.5) is 5.69 Å². The Hall–Kier alpha value is -3.33. The average Bonchev–Trinajstić information content (AvgIpc) is 3.38. The molecule has 2 amide bonds. The monoisotopic (exact) mass is 607 g/mol. The van der Waals surface area contributed by atoms with Crippen LogP contribution in [-0.2, 0) is 23.2 Å². The number of benzene rings is 3. The van der Waals surface area contributed by atoms with Crippen LogP contribution < -0.4 is 10.2 Å². The molecule has 0 spiro atoms. The number of nitrogens with one attached hydrogen (secondary N) is 1. The summed E-state index contributed by atoms with van der Waals surface area (Å²) in [5, 5.41) is 13.0. The first-order chi connectivity index (χ1) is 19.6. The van der Waals surface area contributed by atoms with Crippen molar-refractivity contribution in [3.63, 3.8) is 0 Å². The summed E-state index contributed by atoms with van der Waals surface area (Å²) in [5.74, 6) is 0.461. The maximum absolute atomic E-state index is 13.3. The maximum Gasteiger partial charge on any atom is 0.251 e. The Kier molecular flexibility index (Phi) is 8.73. The highest BCUT2D eigenvalue weighted by atomic mass is 35.5. The smallest absolute Gasteiger partial charge is 0.251 e. The van der Waals surface area contributed by atoms with Gasteiger partial charge in [0.2, 0.25) is 5.91 Å². The highest BCUT2D eigenvalue weighted by Crippen LogP contribution is 2.31. The van der Waals surface area contributed by atoms with Crippen molar-refractivity contribution in [2.75, 3.05) is 17.2 Å². The molecule has 1 aliphatic heterocycles. The Morgan fingerprint density at radius 3 is 2.46 bits per heavy atom. The van der Waals surface area contributed by atoms with Crippen molar-refractivity contribution in [1.82, 2.24) is 20.1 Å². The van der Waals surface area contributed by atoms with Gasteiger partial charge in [0, 0.05) is 17.8 Å². The van der Waals surface area contributed by atoms with Crippen LogP contribution in [0.3, 0.4) is 0 Å². The van der Waals surface area contributed by atoms with Gasteiger partial charge in [0.05, 0.1) is 28.0 Å². The summed E-state index contributed by atoms with van der Waals surface area (Å²) < 4.78 is 1.80. The summed E-state index contributed by atoms with van der Waals surface area (Å²) in [6.07, 6.45) is 1.89. The number of amides is 2. The Morgan fingerprint density at radius 2 is 1.73 bits per heavy atom. The second-order valence-corrected chi connectivity index (χ2v) is 12.7. The molecule has 10 heteroatoms. The Morgan fingerprint density at radius 1 is 0.976 bits per heavy atom. The molecular weight excluding hydrogens is 577 g/mol. The minimum atomic E-state index is -0.220. The van der Waals surface area contributed by atoms with Crippen molar-refractivity contribution in [2.45, 2.75) is 50.7 Å². The van der Waals surface area contributed by atoms with E-state index in [1.807, 2.05) is 47.4 Å². The summed E-state index contributed by atoms with van der Waals surface area (Å²) in [5.41, 5.74) is 4.54. The Labute approximate surface area is 254 Å². The molecular formula is C31H31Cl2N5O2S. The SMILES string of the molecule is CC(C)(C)c1ccc(C(=O)NCc2nnc(SCC(=O)N3CCCc4ccccc43)n2-c2ccc(Cl)c(Cl)c2)cc1. The lowest BCUT2D eigenvalue weighted by Crippen LogP contribution is -2.36. The van der Waals surface area contributed by atoms with Gasteiger partial charge in [0.25, 0.3) is 5.91 Å². The molecule has 0 fully saturated rings. The van der Waals surface area contributed by atoms with E-state index >= 15 is 0 Å². The van der Waals surface area contributed by atoms with Gasteiger partial charge in [-0.1, -0.05) is 86.1 Å². The molecule has 0 radical (unpaired) electrons. The minimum Gasteiger partial charge on any atom is -0.345 e. The molecule has 5 rings (SSSR count). The first-order valence-corrected chi connectivity index (χ1v) is 15.2. The van der Waals surface area contributed by atoms with Gasteiger partial charge in [0.15, 0.2) is 11.0 Å². The van der Waals surface area contributed by atoms with Crippen LogP contribution in [0.15, 0.2) is 71.9 Å². The normalized spacial score (nSPS) is 13.1. The van der Waals surface area contributed by atoms with E-state index in [1.54, 1.807) is 22.8 Å². The van der Waals surface area contributed by atoms with Crippen LogP contribution in [0, 0.1) is 0 Å². The highest BCUT2D eigenvalue weighted by molar-refractivity contribution is 7.99. The first kappa shape index (κ1) is 29.2. The standard InChI is InChI=1S/C31H31Cl2N5O2S/c1-31(2,3)22-12-10-21(11-13-22)29(40)34-18-27-35-36-30(38(27)23-14-15-24(32)25(33)17-23)41-19-28(39)37-16-6-8-20-7-4-5-9-26(20)37/h4-5,7,9-15,17H,6,8,16,18-19H2,1-3H3,(H,34,40). The quantitative estimate of drug-likeness (QED) is 0.232. The molecule has 41 heavy (non-hydrogen) atoms. The number of halogens is 2. The van der Waals surface area contributed by atoms with Crippen LogP contribution in [0.25, 0.3) is 5.69 Å². The van der Waals surface area contributed by atoms with E-state index in [4.69, 9.17) is 23.2 Å². The van der Waals surface area contributed by atoms with E-state index in [9.17, 15) is 9.59 Å². The number of hydrogen-bond donors (Lipinski definition) is 1. The predicted octanol–water partition coefficient (Wildman–Crippen LogP) is 6.87. The zero-order chi connectivity index (χ0) is 29.1. The largest absolute Gasteiger partial charge is 0.345 e. The molecule has 0 saturated carbocycles. The van der Waals surface area contributed by atoms with Gasteiger partial charge in [-0.25, -0.2) is 0 Å². The summed E-state index contributed by atoms with van der Waals surface area (Å²) in [7, 11) is 0. The number of aryl methyl sites for hydroxylation is 1. The molecule has 1 aliphatic rings. The van der Waals surface area contributed by atoms with E-state index in [-0.39, 0.29) is 29.5 Å². The maximum atomic E-state index is 13.3. The lowest BCUT2D eigenvalue weighted by Gasteiger charge is -2.29. The van der Waals surface area contributed by atoms with E-state index in [0.29, 0.717) is 38.8 Å². The number of hydrogen-bond acceptors (Lipinski definition) is 5. The average molecular weight is 609 g/mol. The zero-order valence-corrected chi connectivity index (χ0v) is 25.5.